The van der Waals surface area contributed by atoms with Crippen molar-refractivity contribution in [3.05, 3.63) is 53.3 Å². The average Bonchev–Trinajstić information content (AvgIpc) is 3.33. The van der Waals surface area contributed by atoms with Crippen LogP contribution in [0.25, 0.3) is 32.2 Å². The number of benzene rings is 2. The molecule has 4 rings (SSSR count). The van der Waals surface area contributed by atoms with Crippen molar-refractivity contribution in [3.63, 3.8) is 0 Å². The molecular weight excluding hydrogens is 459 g/mol. The molecule has 0 saturated carbocycles. The van der Waals surface area contributed by atoms with Crippen LogP contribution in [0.1, 0.15) is 17.0 Å². The van der Waals surface area contributed by atoms with Crippen molar-refractivity contribution in [2.75, 3.05) is 0 Å². The Kier molecular flexibility index (Phi) is 5.24. The summed E-state index contributed by atoms with van der Waals surface area (Å²) in [6.07, 6.45) is -4.50. The molecule has 0 atom stereocenters. The molecule has 0 aliphatic rings. The van der Waals surface area contributed by atoms with Crippen LogP contribution < -0.4 is 0 Å². The van der Waals surface area contributed by atoms with E-state index in [0.29, 0.717) is 15.3 Å². The van der Waals surface area contributed by atoms with Gasteiger partial charge in [-0.25, -0.2) is 9.97 Å². The highest BCUT2D eigenvalue weighted by molar-refractivity contribution is 7.21. The number of phenols is 1. The van der Waals surface area contributed by atoms with E-state index in [1.165, 1.54) is 24.3 Å². The number of rotatable bonds is 4. The second-order valence-electron chi connectivity index (χ2n) is 6.77. The van der Waals surface area contributed by atoms with Crippen molar-refractivity contribution in [2.24, 2.45) is 0 Å². The largest absolute Gasteiger partial charge is 0.507 e. The van der Waals surface area contributed by atoms with Gasteiger partial charge in [-0.1, -0.05) is 6.07 Å². The number of hydrogen-bond donors (Lipinski definition) is 2. The van der Waals surface area contributed by atoms with Crippen LogP contribution in [-0.2, 0) is 17.5 Å². The fourth-order valence-electron chi connectivity index (χ4n) is 3.22. The number of aromatic hydroxyl groups is 1. The first kappa shape index (κ1) is 21.8. The molecular formula is C21H10F3N5O3S. The van der Waals surface area contributed by atoms with Crippen LogP contribution >= 0.6 is 11.3 Å². The van der Waals surface area contributed by atoms with Gasteiger partial charge in [-0.3, -0.25) is 4.79 Å². The van der Waals surface area contributed by atoms with Gasteiger partial charge in [0.25, 0.3) is 0 Å². The summed E-state index contributed by atoms with van der Waals surface area (Å²) in [6.45, 7) is -0.659. The molecule has 2 aromatic carbocycles. The molecule has 4 aromatic rings. The lowest BCUT2D eigenvalue weighted by Crippen LogP contribution is -2.12. The first-order valence-electron chi connectivity index (χ1n) is 9.06. The summed E-state index contributed by atoms with van der Waals surface area (Å²) >= 11 is 1.13. The summed E-state index contributed by atoms with van der Waals surface area (Å²) in [4.78, 5) is 19.4. The summed E-state index contributed by atoms with van der Waals surface area (Å²) in [6, 6.07) is 10.9. The fourth-order valence-corrected chi connectivity index (χ4v) is 4.16. The van der Waals surface area contributed by atoms with Gasteiger partial charge in [0.1, 0.15) is 35.3 Å². The summed E-state index contributed by atoms with van der Waals surface area (Å²) in [7, 11) is 0. The predicted molar refractivity (Wildman–Crippen MR) is 110 cm³/mol. The van der Waals surface area contributed by atoms with Crippen LogP contribution in [0, 0.1) is 22.7 Å². The van der Waals surface area contributed by atoms with E-state index in [2.05, 4.69) is 9.97 Å². The number of carboxylic acids is 1. The third-order valence-corrected chi connectivity index (χ3v) is 5.76. The lowest BCUT2D eigenvalue weighted by molar-refractivity contribution is -0.138. The number of fused-ring (bicyclic) bond motifs is 1. The Morgan fingerprint density at radius 3 is 2.48 bits per heavy atom. The number of nitrogens with zero attached hydrogens (tertiary/aromatic N) is 5. The number of thiazole rings is 1. The van der Waals surface area contributed by atoms with Crippen molar-refractivity contribution >= 4 is 27.5 Å². The highest BCUT2D eigenvalue weighted by Crippen LogP contribution is 2.38. The minimum Gasteiger partial charge on any atom is -0.507 e. The molecule has 0 saturated heterocycles. The molecule has 164 valence electrons. The zero-order valence-electron chi connectivity index (χ0n) is 16.3. The van der Waals surface area contributed by atoms with E-state index < -0.39 is 24.3 Å². The summed E-state index contributed by atoms with van der Waals surface area (Å²) in [5.74, 6) is -1.71. The normalized spacial score (nSPS) is 11.3. The number of aromatic nitrogens is 3. The fraction of sp³-hybridized carbons (Fsp3) is 0.0952. The van der Waals surface area contributed by atoms with E-state index in [-0.39, 0.29) is 34.0 Å². The Balaban J connectivity index is 1.79. The number of imidazole rings is 1. The van der Waals surface area contributed by atoms with E-state index in [1.807, 2.05) is 0 Å². The van der Waals surface area contributed by atoms with Gasteiger partial charge in [0.2, 0.25) is 0 Å². The number of carboxylic acid groups (broad SMARTS) is 1. The lowest BCUT2D eigenvalue weighted by Gasteiger charge is -2.09. The third kappa shape index (κ3) is 3.95. The van der Waals surface area contributed by atoms with Gasteiger partial charge >= 0.3 is 12.1 Å². The molecule has 0 unspecified atom stereocenters. The van der Waals surface area contributed by atoms with Crippen molar-refractivity contribution < 1.29 is 28.2 Å². The molecule has 0 aliphatic heterocycles. The van der Waals surface area contributed by atoms with Gasteiger partial charge in [0, 0.05) is 5.56 Å². The first-order chi connectivity index (χ1) is 15.6. The zero-order valence-corrected chi connectivity index (χ0v) is 17.1. The quantitative estimate of drug-likeness (QED) is 0.453. The highest BCUT2D eigenvalue weighted by atomic mass is 32.1. The van der Waals surface area contributed by atoms with Gasteiger partial charge in [-0.15, -0.1) is 11.3 Å². The average molecular weight is 469 g/mol. The number of nitriles is 2. The van der Waals surface area contributed by atoms with Crippen LogP contribution in [-0.4, -0.2) is 30.7 Å². The molecule has 0 bridgehead atoms. The van der Waals surface area contributed by atoms with Gasteiger partial charge < -0.3 is 14.8 Å². The molecule has 2 N–H and O–H groups in total. The molecule has 0 radical (unpaired) electrons. The van der Waals surface area contributed by atoms with E-state index in [0.717, 1.165) is 28.0 Å². The Bertz CT molecular complexity index is 1510. The molecule has 0 aliphatic carbocycles. The summed E-state index contributed by atoms with van der Waals surface area (Å²) in [5, 5.41) is 38.6. The SMILES string of the molecule is N#Cc1nc(-c2ccc(-c3nc4cc(C(F)(F)F)ccc4s3)cc2O)n(CC(=O)O)c1C#N. The second kappa shape index (κ2) is 7.93. The van der Waals surface area contributed by atoms with E-state index in [1.54, 1.807) is 12.1 Å². The molecule has 2 heterocycles. The Hall–Kier alpha value is -4.42. The monoisotopic (exact) mass is 469 g/mol. The Labute approximate surface area is 187 Å². The van der Waals surface area contributed by atoms with Crippen LogP contribution in [0.5, 0.6) is 5.75 Å². The molecule has 33 heavy (non-hydrogen) atoms. The first-order valence-corrected chi connectivity index (χ1v) is 9.88. The molecule has 0 fully saturated rings. The van der Waals surface area contributed by atoms with E-state index in [4.69, 9.17) is 5.11 Å². The molecule has 0 spiro atoms. The van der Waals surface area contributed by atoms with Crippen molar-refractivity contribution in [2.45, 2.75) is 12.7 Å². The maximum Gasteiger partial charge on any atom is 0.416 e. The minimum atomic E-state index is -4.50. The smallest absolute Gasteiger partial charge is 0.416 e. The van der Waals surface area contributed by atoms with Gasteiger partial charge in [0.05, 0.1) is 21.3 Å². The van der Waals surface area contributed by atoms with Crippen molar-refractivity contribution in [3.8, 4) is 39.8 Å². The van der Waals surface area contributed by atoms with Crippen LogP contribution in [0.2, 0.25) is 0 Å². The van der Waals surface area contributed by atoms with Crippen LogP contribution in [0.3, 0.4) is 0 Å². The number of hydrogen-bond acceptors (Lipinski definition) is 7. The number of alkyl halides is 3. The van der Waals surface area contributed by atoms with Crippen molar-refractivity contribution in [1.82, 2.24) is 14.5 Å². The minimum absolute atomic E-state index is 0.0680. The maximum atomic E-state index is 13.0. The van der Waals surface area contributed by atoms with Gasteiger partial charge in [0.15, 0.2) is 11.4 Å². The molecule has 8 nitrogen and oxygen atoms in total. The molecule has 2 aromatic heterocycles. The molecule has 0 amide bonds. The second-order valence-corrected chi connectivity index (χ2v) is 7.80. The highest BCUT2D eigenvalue weighted by Gasteiger charge is 2.31. The standard InChI is InChI=1S/C21H10F3N5O3S/c22-21(23,24)11-2-4-17-13(6-11)28-20(33-17)10-1-3-12(16(30)5-10)19-27-14(7-25)15(8-26)29(19)9-18(31)32/h1-6,30H,9H2,(H,31,32). The maximum absolute atomic E-state index is 13.0. The van der Waals surface area contributed by atoms with Gasteiger partial charge in [-0.05, 0) is 30.3 Å². The van der Waals surface area contributed by atoms with Crippen LogP contribution in [0.15, 0.2) is 36.4 Å². The molecule has 12 heteroatoms. The van der Waals surface area contributed by atoms with E-state index in [9.17, 15) is 33.6 Å². The van der Waals surface area contributed by atoms with E-state index >= 15 is 0 Å². The lowest BCUT2D eigenvalue weighted by atomic mass is 10.1. The number of aliphatic carboxylic acids is 1. The number of carbonyl (C=O) groups is 1. The number of halogens is 3. The Morgan fingerprint density at radius 1 is 1.12 bits per heavy atom. The van der Waals surface area contributed by atoms with Crippen LogP contribution in [0.4, 0.5) is 13.2 Å². The number of phenolic OH excluding ortho intramolecular Hbond substituents is 1. The van der Waals surface area contributed by atoms with Crippen molar-refractivity contribution in [1.29, 1.82) is 10.5 Å². The predicted octanol–water partition coefficient (Wildman–Crippen LogP) is 4.38. The summed E-state index contributed by atoms with van der Waals surface area (Å²) < 4.78 is 40.4. The Morgan fingerprint density at radius 2 is 1.88 bits per heavy atom. The van der Waals surface area contributed by atoms with Gasteiger partial charge in [-0.2, -0.15) is 23.7 Å². The third-order valence-electron chi connectivity index (χ3n) is 4.67. The summed E-state index contributed by atoms with van der Waals surface area (Å²) in [5.41, 5.74) is -0.740. The zero-order chi connectivity index (χ0) is 23.9. The topological polar surface area (TPSA) is 136 Å².